The van der Waals surface area contributed by atoms with E-state index in [0.717, 1.165) is 5.56 Å². The van der Waals surface area contributed by atoms with Crippen LogP contribution in [0.2, 0.25) is 0 Å². The molecule has 4 rings (SSSR count). The zero-order chi connectivity index (χ0) is 22.8. The molecule has 3 aromatic rings. The quantitative estimate of drug-likeness (QED) is 0.585. The van der Waals surface area contributed by atoms with Crippen molar-refractivity contribution in [3.8, 4) is 34.1 Å². The van der Waals surface area contributed by atoms with Gasteiger partial charge in [0.05, 0.1) is 26.2 Å². The van der Waals surface area contributed by atoms with Gasteiger partial charge in [-0.2, -0.15) is 8.78 Å². The Morgan fingerprint density at radius 3 is 2.50 bits per heavy atom. The molecule has 3 aromatic carbocycles. The van der Waals surface area contributed by atoms with Crippen molar-refractivity contribution in [1.29, 1.82) is 0 Å². The third-order valence-corrected chi connectivity index (χ3v) is 5.21. The number of benzene rings is 3. The van der Waals surface area contributed by atoms with Crippen molar-refractivity contribution < 1.29 is 32.5 Å². The van der Waals surface area contributed by atoms with Crippen LogP contribution in [0.3, 0.4) is 0 Å². The molecule has 0 spiro atoms. The Morgan fingerprint density at radius 2 is 1.81 bits per heavy atom. The molecule has 166 valence electrons. The number of amides is 1. The van der Waals surface area contributed by atoms with Gasteiger partial charge in [0.15, 0.2) is 11.5 Å². The van der Waals surface area contributed by atoms with Crippen LogP contribution in [-0.2, 0) is 11.2 Å². The molecule has 2 N–H and O–H groups in total. The number of carbonyl (C=O) groups excluding carboxylic acids is 1. The molecule has 1 aliphatic rings. The van der Waals surface area contributed by atoms with E-state index in [0.29, 0.717) is 39.5 Å². The van der Waals surface area contributed by atoms with E-state index in [2.05, 4.69) is 0 Å². The number of carbonyl (C=O) groups is 1. The van der Waals surface area contributed by atoms with Crippen molar-refractivity contribution in [2.24, 2.45) is 5.73 Å². The molecule has 0 saturated heterocycles. The van der Waals surface area contributed by atoms with Crippen LogP contribution in [0.25, 0.3) is 11.1 Å². The Hall–Kier alpha value is -3.81. The van der Waals surface area contributed by atoms with Gasteiger partial charge in [0.2, 0.25) is 5.91 Å². The summed E-state index contributed by atoms with van der Waals surface area (Å²) in [5.74, 6) is 1.00. The Balaban J connectivity index is 1.89. The number of rotatable bonds is 7. The van der Waals surface area contributed by atoms with Gasteiger partial charge in [-0.3, -0.25) is 4.79 Å². The van der Waals surface area contributed by atoms with Crippen molar-refractivity contribution in [1.82, 2.24) is 0 Å². The molecule has 1 amide bonds. The minimum Gasteiger partial charge on any atom is -0.493 e. The summed E-state index contributed by atoms with van der Waals surface area (Å²) in [6.07, 6.45) is -0.555. The molecular formula is C24H21F2NO5. The van der Waals surface area contributed by atoms with Crippen LogP contribution in [-0.4, -0.2) is 26.7 Å². The molecule has 1 heterocycles. The third kappa shape index (κ3) is 4.03. The van der Waals surface area contributed by atoms with Crippen LogP contribution in [0.15, 0.2) is 54.6 Å². The third-order valence-electron chi connectivity index (χ3n) is 5.21. The lowest BCUT2D eigenvalue weighted by atomic mass is 9.87. The lowest BCUT2D eigenvalue weighted by Crippen LogP contribution is -2.18. The maximum Gasteiger partial charge on any atom is 0.387 e. The smallest absolute Gasteiger partial charge is 0.387 e. The number of nitrogens with two attached hydrogens (primary N) is 1. The van der Waals surface area contributed by atoms with Gasteiger partial charge in [-0.05, 0) is 35.4 Å². The van der Waals surface area contributed by atoms with Crippen LogP contribution in [0.1, 0.15) is 22.8 Å². The molecule has 1 aliphatic heterocycles. The number of fused-ring (bicyclic) bond motifs is 3. The maximum atomic E-state index is 13.0. The summed E-state index contributed by atoms with van der Waals surface area (Å²) in [6, 6.07) is 15.4. The fourth-order valence-corrected chi connectivity index (χ4v) is 3.89. The van der Waals surface area contributed by atoms with E-state index < -0.39 is 18.6 Å². The van der Waals surface area contributed by atoms with E-state index in [4.69, 9.17) is 24.7 Å². The zero-order valence-electron chi connectivity index (χ0n) is 17.4. The van der Waals surface area contributed by atoms with E-state index in [1.807, 2.05) is 6.07 Å². The van der Waals surface area contributed by atoms with Gasteiger partial charge >= 0.3 is 6.61 Å². The lowest BCUT2D eigenvalue weighted by molar-refractivity contribution is -0.117. The standard InChI is InChI=1S/C24H21F2NO5/c1-29-17-9-7-14(12-20(17)30-2)23-16-10-13(11-21(27)28)6-8-15(16)22-18(31-23)4-3-5-19(22)32-24(25)26/h3-10,12,23-24H,11H2,1-2H3,(H2,27,28). The summed E-state index contributed by atoms with van der Waals surface area (Å²) >= 11 is 0. The maximum absolute atomic E-state index is 13.0. The number of hydrogen-bond acceptors (Lipinski definition) is 5. The average molecular weight is 441 g/mol. The van der Waals surface area contributed by atoms with Gasteiger partial charge in [0.25, 0.3) is 0 Å². The van der Waals surface area contributed by atoms with Gasteiger partial charge in [0, 0.05) is 11.1 Å². The van der Waals surface area contributed by atoms with Gasteiger partial charge in [-0.1, -0.05) is 30.3 Å². The van der Waals surface area contributed by atoms with Crippen molar-refractivity contribution in [2.45, 2.75) is 19.1 Å². The minimum absolute atomic E-state index is 0.00663. The van der Waals surface area contributed by atoms with Crippen molar-refractivity contribution in [2.75, 3.05) is 14.2 Å². The fourth-order valence-electron chi connectivity index (χ4n) is 3.89. The van der Waals surface area contributed by atoms with Crippen LogP contribution >= 0.6 is 0 Å². The summed E-state index contributed by atoms with van der Waals surface area (Å²) in [6.45, 7) is -2.98. The highest BCUT2D eigenvalue weighted by Crippen LogP contribution is 2.50. The first-order valence-electron chi connectivity index (χ1n) is 9.79. The van der Waals surface area contributed by atoms with Crippen LogP contribution < -0.4 is 24.7 Å². The van der Waals surface area contributed by atoms with Crippen LogP contribution in [0.5, 0.6) is 23.0 Å². The van der Waals surface area contributed by atoms with Gasteiger partial charge in [-0.15, -0.1) is 0 Å². The van der Waals surface area contributed by atoms with Gasteiger partial charge in [-0.25, -0.2) is 0 Å². The van der Waals surface area contributed by atoms with Gasteiger partial charge < -0.3 is 24.7 Å². The topological polar surface area (TPSA) is 80.0 Å². The predicted octanol–water partition coefficient (Wildman–Crippen LogP) is 4.48. The summed E-state index contributed by atoms with van der Waals surface area (Å²) < 4.78 is 47.8. The molecule has 1 unspecified atom stereocenters. The Kier molecular flexibility index (Phi) is 5.85. The molecule has 6 nitrogen and oxygen atoms in total. The predicted molar refractivity (Wildman–Crippen MR) is 113 cm³/mol. The fraction of sp³-hybridized carbons (Fsp3) is 0.208. The van der Waals surface area contributed by atoms with Gasteiger partial charge in [0.1, 0.15) is 17.6 Å². The number of methoxy groups -OCH3 is 2. The molecule has 0 saturated carbocycles. The van der Waals surface area contributed by atoms with E-state index in [1.54, 1.807) is 49.6 Å². The molecule has 0 aromatic heterocycles. The van der Waals surface area contributed by atoms with E-state index in [-0.39, 0.29) is 12.2 Å². The van der Waals surface area contributed by atoms with Crippen LogP contribution in [0, 0.1) is 0 Å². The van der Waals surface area contributed by atoms with Crippen molar-refractivity contribution in [3.05, 3.63) is 71.3 Å². The molecule has 0 bridgehead atoms. The lowest BCUT2D eigenvalue weighted by Gasteiger charge is -2.31. The Morgan fingerprint density at radius 1 is 1.03 bits per heavy atom. The van der Waals surface area contributed by atoms with Crippen molar-refractivity contribution in [3.63, 3.8) is 0 Å². The minimum atomic E-state index is -2.98. The average Bonchev–Trinajstić information content (AvgIpc) is 2.77. The first-order valence-corrected chi connectivity index (χ1v) is 9.79. The first-order chi connectivity index (χ1) is 15.4. The highest BCUT2D eigenvalue weighted by molar-refractivity contribution is 5.83. The molecule has 0 radical (unpaired) electrons. The Labute approximate surface area is 183 Å². The monoisotopic (exact) mass is 441 g/mol. The zero-order valence-corrected chi connectivity index (χ0v) is 17.4. The molecule has 8 heteroatoms. The second-order valence-corrected chi connectivity index (χ2v) is 7.18. The number of alkyl halides is 2. The second-order valence-electron chi connectivity index (χ2n) is 7.18. The second kappa shape index (κ2) is 8.74. The highest BCUT2D eigenvalue weighted by Gasteiger charge is 2.31. The SMILES string of the molecule is COc1ccc(C2Oc3cccc(OC(F)F)c3-c3ccc(CC(N)=O)cc32)cc1OC. The normalized spacial score (nSPS) is 14.2. The first kappa shape index (κ1) is 21.4. The van der Waals surface area contributed by atoms with Crippen LogP contribution in [0.4, 0.5) is 8.78 Å². The Bertz CT molecular complexity index is 1170. The molecular weight excluding hydrogens is 420 g/mol. The highest BCUT2D eigenvalue weighted by atomic mass is 19.3. The summed E-state index contributed by atoms with van der Waals surface area (Å²) in [5, 5.41) is 0. The summed E-state index contributed by atoms with van der Waals surface area (Å²) in [7, 11) is 3.08. The number of primary amides is 1. The molecule has 0 fully saturated rings. The molecule has 32 heavy (non-hydrogen) atoms. The van der Waals surface area contributed by atoms with E-state index >= 15 is 0 Å². The molecule has 0 aliphatic carbocycles. The largest absolute Gasteiger partial charge is 0.493 e. The summed E-state index contributed by atoms with van der Waals surface area (Å²) in [5.41, 5.74) is 8.58. The number of hydrogen-bond donors (Lipinski definition) is 1. The summed E-state index contributed by atoms with van der Waals surface area (Å²) in [4.78, 5) is 11.5. The van der Waals surface area contributed by atoms with E-state index in [1.165, 1.54) is 13.2 Å². The number of halogens is 2. The number of ether oxygens (including phenoxy) is 4. The van der Waals surface area contributed by atoms with Crippen molar-refractivity contribution >= 4 is 5.91 Å². The van der Waals surface area contributed by atoms with E-state index in [9.17, 15) is 13.6 Å². The molecule has 1 atom stereocenters.